The molecule has 2 aromatic carbocycles. The molecule has 9 heteroatoms. The van der Waals surface area contributed by atoms with Gasteiger partial charge in [0.15, 0.2) is 0 Å². The summed E-state index contributed by atoms with van der Waals surface area (Å²) in [7, 11) is 0. The summed E-state index contributed by atoms with van der Waals surface area (Å²) in [4.78, 5) is 42.4. The third kappa shape index (κ3) is 4.27. The van der Waals surface area contributed by atoms with Crippen LogP contribution in [0.4, 0.5) is 5.69 Å². The minimum atomic E-state index is -1.07. The summed E-state index contributed by atoms with van der Waals surface area (Å²) in [5, 5.41) is 15.5. The fourth-order valence-electron chi connectivity index (χ4n) is 6.05. The van der Waals surface area contributed by atoms with Gasteiger partial charge < -0.3 is 25.4 Å². The molecule has 0 aliphatic carbocycles. The van der Waals surface area contributed by atoms with Crippen molar-refractivity contribution in [1.82, 2.24) is 10.2 Å². The highest BCUT2D eigenvalue weighted by molar-refractivity contribution is 6.33. The van der Waals surface area contributed by atoms with Crippen molar-refractivity contribution in [3.05, 3.63) is 65.2 Å². The second-order valence-corrected chi connectivity index (χ2v) is 10.1. The van der Waals surface area contributed by atoms with E-state index in [4.69, 9.17) is 16.3 Å². The van der Waals surface area contributed by atoms with Crippen molar-refractivity contribution in [3.63, 3.8) is 0 Å². The average Bonchev–Trinajstić information content (AvgIpc) is 3.52. The molecular weight excluding hydrogens is 482 g/mol. The van der Waals surface area contributed by atoms with E-state index in [1.54, 1.807) is 29.2 Å². The molecule has 3 aliphatic heterocycles. The third-order valence-electron chi connectivity index (χ3n) is 7.60. The number of ether oxygens (including phenoxy) is 1. The average molecular weight is 512 g/mol. The van der Waals surface area contributed by atoms with Gasteiger partial charge >= 0.3 is 0 Å². The van der Waals surface area contributed by atoms with Gasteiger partial charge in [0.25, 0.3) is 0 Å². The summed E-state index contributed by atoms with van der Waals surface area (Å²) in [6.07, 6.45) is 1.76. The monoisotopic (exact) mass is 511 g/mol. The lowest BCUT2D eigenvalue weighted by Crippen LogP contribution is -2.53. The first-order chi connectivity index (χ1) is 17.5. The van der Waals surface area contributed by atoms with Gasteiger partial charge in [0.2, 0.25) is 17.7 Å². The van der Waals surface area contributed by atoms with Gasteiger partial charge in [0.1, 0.15) is 11.6 Å². The molecule has 3 N–H and O–H groups in total. The molecule has 0 aromatic heterocycles. The highest BCUT2D eigenvalue weighted by Gasteiger charge is 2.74. The Morgan fingerprint density at radius 1 is 1.08 bits per heavy atom. The molecule has 0 radical (unpaired) electrons. The number of halogens is 1. The van der Waals surface area contributed by atoms with Crippen LogP contribution in [0.2, 0.25) is 5.02 Å². The van der Waals surface area contributed by atoms with Crippen molar-refractivity contribution in [2.75, 3.05) is 18.5 Å². The van der Waals surface area contributed by atoms with Gasteiger partial charge in [-0.05, 0) is 43.4 Å². The highest BCUT2D eigenvalue weighted by Crippen LogP contribution is 2.58. The van der Waals surface area contributed by atoms with E-state index >= 15 is 0 Å². The maximum absolute atomic E-state index is 13.8. The lowest BCUT2D eigenvalue weighted by atomic mass is 9.70. The number of hydrogen-bond donors (Lipinski definition) is 3. The lowest BCUT2D eigenvalue weighted by molar-refractivity contribution is -0.141. The van der Waals surface area contributed by atoms with Crippen LogP contribution in [0.5, 0.6) is 0 Å². The first-order valence-electron chi connectivity index (χ1n) is 12.4. The van der Waals surface area contributed by atoms with Crippen LogP contribution in [0, 0.1) is 11.8 Å². The van der Waals surface area contributed by atoms with Gasteiger partial charge in [-0.25, -0.2) is 0 Å². The number of likely N-dealkylation sites (tertiary alicyclic amines) is 1. The number of rotatable bonds is 9. The van der Waals surface area contributed by atoms with Crippen LogP contribution in [0.25, 0.3) is 0 Å². The number of benzene rings is 2. The van der Waals surface area contributed by atoms with Crippen molar-refractivity contribution in [2.24, 2.45) is 11.8 Å². The number of carbonyl (C=O) groups is 3. The number of nitrogens with one attached hydrogen (secondary N) is 2. The number of hydrogen-bond acceptors (Lipinski definition) is 5. The Morgan fingerprint density at radius 2 is 1.83 bits per heavy atom. The maximum Gasteiger partial charge on any atom is 0.250 e. The van der Waals surface area contributed by atoms with Crippen molar-refractivity contribution in [1.29, 1.82) is 0 Å². The van der Waals surface area contributed by atoms with Gasteiger partial charge in [-0.1, -0.05) is 54.1 Å². The smallest absolute Gasteiger partial charge is 0.250 e. The van der Waals surface area contributed by atoms with Gasteiger partial charge in [-0.15, -0.1) is 0 Å². The predicted octanol–water partition coefficient (Wildman–Crippen LogP) is 2.74. The minimum Gasteiger partial charge on any atom is -0.396 e. The SMILES string of the molecule is O=C(Nc1ccccc1Cl)C1N(CCCCO)C(=O)[C@@H]2[C@H](C(=O)NCc3ccccc3)[C@@H]3CCC12O3. The van der Waals surface area contributed by atoms with Crippen molar-refractivity contribution >= 4 is 35.0 Å². The molecule has 1 spiro atoms. The van der Waals surface area contributed by atoms with Crippen LogP contribution in [0.1, 0.15) is 31.2 Å². The Morgan fingerprint density at radius 3 is 2.58 bits per heavy atom. The van der Waals surface area contributed by atoms with Crippen LogP contribution in [-0.2, 0) is 25.7 Å². The van der Waals surface area contributed by atoms with E-state index in [-0.39, 0.29) is 24.3 Å². The molecule has 5 atom stereocenters. The summed E-state index contributed by atoms with van der Waals surface area (Å²) in [5.41, 5.74) is 0.350. The second-order valence-electron chi connectivity index (χ2n) is 9.69. The Balaban J connectivity index is 1.41. The Hall–Kier alpha value is -2.94. The Kier molecular flexibility index (Phi) is 7.01. The number of aliphatic hydroxyl groups is 1. The molecule has 0 saturated carbocycles. The molecule has 2 bridgehead atoms. The van der Waals surface area contributed by atoms with E-state index in [0.29, 0.717) is 49.5 Å². The van der Waals surface area contributed by atoms with Crippen LogP contribution < -0.4 is 10.6 Å². The van der Waals surface area contributed by atoms with E-state index in [2.05, 4.69) is 10.6 Å². The molecule has 190 valence electrons. The number of aliphatic hydroxyl groups excluding tert-OH is 1. The van der Waals surface area contributed by atoms with Gasteiger partial charge in [-0.2, -0.15) is 0 Å². The Labute approximate surface area is 215 Å². The van der Waals surface area contributed by atoms with Crippen LogP contribution in [-0.4, -0.2) is 58.6 Å². The first-order valence-corrected chi connectivity index (χ1v) is 12.8. The van der Waals surface area contributed by atoms with Crippen LogP contribution >= 0.6 is 11.6 Å². The molecule has 36 heavy (non-hydrogen) atoms. The molecule has 3 amide bonds. The number of amides is 3. The standard InChI is InChI=1S/C27H30ClN3O5/c28-18-10-4-5-11-19(18)30-25(34)23-27-13-12-20(36-27)21(22(27)26(35)31(23)14-6-7-15-32)24(33)29-16-17-8-2-1-3-9-17/h1-5,8-11,20-23,32H,6-7,12-16H2,(H,29,33)(H,30,34)/t20-,21+,22-,23?,27?/m0/s1. The van der Waals surface area contributed by atoms with Crippen molar-refractivity contribution < 1.29 is 24.2 Å². The van der Waals surface area contributed by atoms with Gasteiger partial charge in [0, 0.05) is 19.7 Å². The summed E-state index contributed by atoms with van der Waals surface area (Å²) in [6, 6.07) is 15.6. The Bertz CT molecular complexity index is 1150. The van der Waals surface area contributed by atoms with Crippen LogP contribution in [0.15, 0.2) is 54.6 Å². The molecular formula is C27H30ClN3O5. The number of anilines is 1. The maximum atomic E-state index is 13.8. The summed E-state index contributed by atoms with van der Waals surface area (Å²) in [5.74, 6) is -2.24. The van der Waals surface area contributed by atoms with E-state index < -0.39 is 29.6 Å². The lowest BCUT2D eigenvalue weighted by Gasteiger charge is -2.33. The zero-order valence-electron chi connectivity index (χ0n) is 19.9. The highest BCUT2D eigenvalue weighted by atomic mass is 35.5. The van der Waals surface area contributed by atoms with E-state index in [1.165, 1.54) is 0 Å². The third-order valence-corrected chi connectivity index (χ3v) is 7.93. The van der Waals surface area contributed by atoms with E-state index in [1.807, 2.05) is 30.3 Å². The van der Waals surface area contributed by atoms with Gasteiger partial charge in [-0.3, -0.25) is 14.4 Å². The normalized spacial score (nSPS) is 28.3. The largest absolute Gasteiger partial charge is 0.396 e. The summed E-state index contributed by atoms with van der Waals surface area (Å²) in [6.45, 7) is 0.647. The number of nitrogens with zero attached hydrogens (tertiary/aromatic N) is 1. The minimum absolute atomic E-state index is 0.00379. The zero-order valence-corrected chi connectivity index (χ0v) is 20.6. The quantitative estimate of drug-likeness (QED) is 0.449. The molecule has 3 fully saturated rings. The van der Waals surface area contributed by atoms with Gasteiger partial charge in [0.05, 0.1) is 28.6 Å². The zero-order chi connectivity index (χ0) is 25.3. The van der Waals surface area contributed by atoms with Crippen LogP contribution in [0.3, 0.4) is 0 Å². The molecule has 8 nitrogen and oxygen atoms in total. The molecule has 3 aliphatic rings. The summed E-state index contributed by atoms with van der Waals surface area (Å²) >= 11 is 6.27. The number of para-hydroxylation sites is 1. The topological polar surface area (TPSA) is 108 Å². The molecule has 3 heterocycles. The predicted molar refractivity (Wildman–Crippen MR) is 134 cm³/mol. The van der Waals surface area contributed by atoms with Crippen molar-refractivity contribution in [2.45, 2.75) is 50.0 Å². The van der Waals surface area contributed by atoms with E-state index in [0.717, 1.165) is 5.56 Å². The fourth-order valence-corrected chi connectivity index (χ4v) is 6.24. The number of fused-ring (bicyclic) bond motifs is 1. The molecule has 2 unspecified atom stereocenters. The summed E-state index contributed by atoms with van der Waals surface area (Å²) < 4.78 is 6.41. The molecule has 2 aromatic rings. The number of carbonyl (C=O) groups excluding carboxylic acids is 3. The van der Waals surface area contributed by atoms with Crippen molar-refractivity contribution in [3.8, 4) is 0 Å². The molecule has 5 rings (SSSR count). The second kappa shape index (κ2) is 10.2. The fraction of sp³-hybridized carbons (Fsp3) is 0.444. The first kappa shape index (κ1) is 24.7. The molecule has 3 saturated heterocycles. The van der Waals surface area contributed by atoms with E-state index in [9.17, 15) is 19.5 Å². The number of unbranched alkanes of at least 4 members (excludes halogenated alkanes) is 1.